The van der Waals surface area contributed by atoms with E-state index < -0.39 is 0 Å². The summed E-state index contributed by atoms with van der Waals surface area (Å²) >= 11 is 6.21. The van der Waals surface area contributed by atoms with E-state index in [0.717, 1.165) is 30.2 Å². The normalized spacial score (nSPS) is 27.9. The molecule has 1 saturated heterocycles. The molecule has 0 spiro atoms. The van der Waals surface area contributed by atoms with Gasteiger partial charge < -0.3 is 10.5 Å². The van der Waals surface area contributed by atoms with Crippen LogP contribution in [0.25, 0.3) is 0 Å². The number of halogens is 1. The van der Waals surface area contributed by atoms with Gasteiger partial charge in [0.05, 0.1) is 11.6 Å². The summed E-state index contributed by atoms with van der Waals surface area (Å²) in [6.07, 6.45) is 1.14. The molecule has 1 aromatic carbocycles. The van der Waals surface area contributed by atoms with Crippen LogP contribution in [0, 0.1) is 0 Å². The van der Waals surface area contributed by atoms with Crippen molar-refractivity contribution in [2.24, 2.45) is 5.73 Å². The maximum Gasteiger partial charge on any atom is 0.0743 e. The fourth-order valence-electron chi connectivity index (χ4n) is 2.74. The molecule has 0 saturated carbocycles. The molecule has 1 aliphatic rings. The summed E-state index contributed by atoms with van der Waals surface area (Å²) in [6, 6.07) is 7.95. The molecule has 100 valence electrons. The van der Waals surface area contributed by atoms with Crippen LogP contribution in [0.3, 0.4) is 0 Å². The van der Waals surface area contributed by atoms with Crippen molar-refractivity contribution in [3.8, 4) is 0 Å². The Kier molecular flexibility index (Phi) is 4.28. The van der Waals surface area contributed by atoms with Gasteiger partial charge in [-0.2, -0.15) is 0 Å². The fourth-order valence-corrected chi connectivity index (χ4v) is 2.93. The molecular formula is C14H21ClN2O. The summed E-state index contributed by atoms with van der Waals surface area (Å²) in [5, 5.41) is 0.808. The lowest BCUT2D eigenvalue weighted by Crippen LogP contribution is -2.56. The summed E-state index contributed by atoms with van der Waals surface area (Å²) in [5.41, 5.74) is 7.06. The third-order valence-electron chi connectivity index (χ3n) is 4.14. The molecule has 4 heteroatoms. The van der Waals surface area contributed by atoms with Crippen LogP contribution in [0.2, 0.25) is 5.02 Å². The minimum atomic E-state index is -0.0703. The lowest BCUT2D eigenvalue weighted by atomic mass is 9.90. The highest BCUT2D eigenvalue weighted by atomic mass is 35.5. The summed E-state index contributed by atoms with van der Waals surface area (Å²) in [4.78, 5) is 2.28. The van der Waals surface area contributed by atoms with Crippen LogP contribution in [0.15, 0.2) is 24.3 Å². The number of rotatable bonds is 4. The Labute approximate surface area is 114 Å². The molecule has 0 aromatic heterocycles. The largest absolute Gasteiger partial charge is 0.376 e. The van der Waals surface area contributed by atoms with Crippen molar-refractivity contribution >= 4 is 11.6 Å². The summed E-state index contributed by atoms with van der Waals surface area (Å²) in [6.45, 7) is 4.29. The first-order valence-corrected chi connectivity index (χ1v) is 6.74. The summed E-state index contributed by atoms with van der Waals surface area (Å²) in [5.74, 6) is 0. The Morgan fingerprint density at radius 3 is 2.78 bits per heavy atom. The van der Waals surface area contributed by atoms with Crippen LogP contribution in [0.1, 0.15) is 18.9 Å². The molecule has 1 heterocycles. The molecule has 0 bridgehead atoms. The Hall–Kier alpha value is -0.610. The van der Waals surface area contributed by atoms with Gasteiger partial charge in [-0.05, 0) is 32.0 Å². The van der Waals surface area contributed by atoms with Gasteiger partial charge in [-0.15, -0.1) is 0 Å². The number of hydrogen-bond donors (Lipinski definition) is 1. The van der Waals surface area contributed by atoms with Crippen molar-refractivity contribution in [2.75, 3.05) is 20.2 Å². The predicted molar refractivity (Wildman–Crippen MR) is 74.7 cm³/mol. The molecule has 0 amide bonds. The molecule has 2 atom stereocenters. The van der Waals surface area contributed by atoms with Crippen LogP contribution in [0.5, 0.6) is 0 Å². The predicted octanol–water partition coefficient (Wildman–Crippen LogP) is 2.28. The molecule has 18 heavy (non-hydrogen) atoms. The van der Waals surface area contributed by atoms with Gasteiger partial charge in [0.2, 0.25) is 0 Å². The van der Waals surface area contributed by atoms with E-state index in [1.165, 1.54) is 0 Å². The smallest absolute Gasteiger partial charge is 0.0743 e. The molecule has 1 aliphatic heterocycles. The Morgan fingerprint density at radius 1 is 1.50 bits per heavy atom. The minimum Gasteiger partial charge on any atom is -0.376 e. The first-order valence-electron chi connectivity index (χ1n) is 6.36. The zero-order valence-corrected chi connectivity index (χ0v) is 11.8. The first-order chi connectivity index (χ1) is 8.60. The van der Waals surface area contributed by atoms with Crippen LogP contribution >= 0.6 is 11.6 Å². The average Bonchev–Trinajstić information content (AvgIpc) is 2.74. The zero-order chi connectivity index (χ0) is 13.2. The minimum absolute atomic E-state index is 0.0703. The summed E-state index contributed by atoms with van der Waals surface area (Å²) < 4.78 is 5.69. The SMILES string of the molecule is CC1OCCC1(CN)N(C)Cc1ccccc1Cl. The molecule has 3 nitrogen and oxygen atoms in total. The van der Waals surface area contributed by atoms with Crippen molar-refractivity contribution in [3.05, 3.63) is 34.9 Å². The third-order valence-corrected chi connectivity index (χ3v) is 4.51. The van der Waals surface area contributed by atoms with E-state index >= 15 is 0 Å². The molecule has 2 N–H and O–H groups in total. The second kappa shape index (κ2) is 5.57. The maximum absolute atomic E-state index is 6.21. The van der Waals surface area contributed by atoms with Crippen molar-refractivity contribution in [3.63, 3.8) is 0 Å². The number of nitrogens with two attached hydrogens (primary N) is 1. The molecule has 2 rings (SSSR count). The zero-order valence-electron chi connectivity index (χ0n) is 11.0. The number of likely N-dealkylation sites (N-methyl/N-ethyl adjacent to an activating group) is 1. The molecule has 0 radical (unpaired) electrons. The van der Waals surface area contributed by atoms with E-state index in [-0.39, 0.29) is 11.6 Å². The van der Waals surface area contributed by atoms with Gasteiger partial charge in [-0.3, -0.25) is 4.90 Å². The van der Waals surface area contributed by atoms with Gasteiger partial charge >= 0.3 is 0 Å². The highest BCUT2D eigenvalue weighted by molar-refractivity contribution is 6.31. The lowest BCUT2D eigenvalue weighted by molar-refractivity contribution is 0.0245. The fraction of sp³-hybridized carbons (Fsp3) is 0.571. The Balaban J connectivity index is 2.16. The first kappa shape index (κ1) is 13.8. The maximum atomic E-state index is 6.21. The number of benzene rings is 1. The van der Waals surface area contributed by atoms with Gasteiger partial charge in [0.25, 0.3) is 0 Å². The second-order valence-corrected chi connectivity index (χ2v) is 5.43. The number of ether oxygens (including phenoxy) is 1. The third kappa shape index (κ3) is 2.41. The van der Waals surface area contributed by atoms with E-state index in [1.54, 1.807) is 0 Å². The van der Waals surface area contributed by atoms with Crippen molar-refractivity contribution in [1.82, 2.24) is 4.90 Å². The highest BCUT2D eigenvalue weighted by Crippen LogP contribution is 2.32. The Morgan fingerprint density at radius 2 is 2.22 bits per heavy atom. The standard InChI is InChI=1S/C14H21ClN2O/c1-11-14(10-16,7-8-18-11)17(2)9-12-5-3-4-6-13(12)15/h3-6,11H,7-10,16H2,1-2H3. The van der Waals surface area contributed by atoms with E-state index in [0.29, 0.717) is 6.54 Å². The van der Waals surface area contributed by atoms with Crippen molar-refractivity contribution in [1.29, 1.82) is 0 Å². The van der Waals surface area contributed by atoms with Gasteiger partial charge in [0.1, 0.15) is 0 Å². The van der Waals surface area contributed by atoms with Crippen molar-refractivity contribution in [2.45, 2.75) is 31.5 Å². The molecule has 0 aliphatic carbocycles. The monoisotopic (exact) mass is 268 g/mol. The highest BCUT2D eigenvalue weighted by Gasteiger charge is 2.43. The van der Waals surface area contributed by atoms with Crippen LogP contribution in [-0.2, 0) is 11.3 Å². The quantitative estimate of drug-likeness (QED) is 0.911. The second-order valence-electron chi connectivity index (χ2n) is 5.02. The van der Waals surface area contributed by atoms with Crippen LogP contribution in [-0.4, -0.2) is 36.7 Å². The number of nitrogens with zero attached hydrogens (tertiary/aromatic N) is 1. The van der Waals surface area contributed by atoms with Crippen molar-refractivity contribution < 1.29 is 4.74 Å². The molecule has 2 unspecified atom stereocenters. The van der Waals surface area contributed by atoms with Gasteiger partial charge in [-0.1, -0.05) is 29.8 Å². The van der Waals surface area contributed by atoms with E-state index in [1.807, 2.05) is 18.2 Å². The topological polar surface area (TPSA) is 38.5 Å². The van der Waals surface area contributed by atoms with Gasteiger partial charge in [-0.25, -0.2) is 0 Å². The molecule has 1 fully saturated rings. The van der Waals surface area contributed by atoms with E-state index in [9.17, 15) is 0 Å². The number of hydrogen-bond acceptors (Lipinski definition) is 3. The summed E-state index contributed by atoms with van der Waals surface area (Å²) in [7, 11) is 2.10. The van der Waals surface area contributed by atoms with Gasteiger partial charge in [0.15, 0.2) is 0 Å². The average molecular weight is 269 g/mol. The van der Waals surface area contributed by atoms with Crippen LogP contribution < -0.4 is 5.73 Å². The van der Waals surface area contributed by atoms with E-state index in [2.05, 4.69) is 24.9 Å². The lowest BCUT2D eigenvalue weighted by Gasteiger charge is -2.40. The van der Waals surface area contributed by atoms with Gasteiger partial charge in [0, 0.05) is 24.7 Å². The molecule has 1 aromatic rings. The molecular weight excluding hydrogens is 248 g/mol. The van der Waals surface area contributed by atoms with E-state index in [4.69, 9.17) is 22.1 Å². The van der Waals surface area contributed by atoms with Crippen LogP contribution in [0.4, 0.5) is 0 Å². The Bertz CT molecular complexity index is 413.